The second kappa shape index (κ2) is 6.56. The van der Waals surface area contributed by atoms with E-state index in [2.05, 4.69) is 5.32 Å². The van der Waals surface area contributed by atoms with Gasteiger partial charge in [0, 0.05) is 6.42 Å². The largest absolute Gasteiger partial charge is 0.416 e. The molecule has 1 rings (SSSR count). The maximum absolute atomic E-state index is 12.0. The van der Waals surface area contributed by atoms with Crippen LogP contribution >= 0.6 is 0 Å². The number of aliphatic hydroxyl groups excluding tert-OH is 1. The summed E-state index contributed by atoms with van der Waals surface area (Å²) in [4.78, 5) is 11.3. The van der Waals surface area contributed by atoms with E-state index in [0.29, 0.717) is 6.42 Å². The molecule has 0 aliphatic heterocycles. The van der Waals surface area contributed by atoms with Crippen LogP contribution in [-0.4, -0.2) is 29.8 Å². The second-order valence-corrected chi connectivity index (χ2v) is 4.35. The number of aryl methyl sites for hydroxylation is 2. The zero-order valence-electron chi connectivity index (χ0n) is 10.5. The van der Waals surface area contributed by atoms with Crippen LogP contribution in [0.15, 0.2) is 24.3 Å². The Labute approximate surface area is 109 Å². The Morgan fingerprint density at radius 3 is 2.42 bits per heavy atom. The van der Waals surface area contributed by atoms with Gasteiger partial charge in [0.1, 0.15) is 0 Å². The maximum atomic E-state index is 12.0. The number of halogens is 3. The second-order valence-electron chi connectivity index (χ2n) is 4.35. The number of rotatable bonds is 5. The normalized spacial score (nSPS) is 13.1. The number of carbonyl (C=O) groups is 1. The molecule has 2 N–H and O–H groups in total. The van der Waals surface area contributed by atoms with Gasteiger partial charge in [-0.1, -0.05) is 29.8 Å². The zero-order valence-corrected chi connectivity index (χ0v) is 10.5. The minimum Gasteiger partial charge on any atom is -0.382 e. The van der Waals surface area contributed by atoms with Crippen molar-refractivity contribution in [2.24, 2.45) is 0 Å². The quantitative estimate of drug-likeness (QED) is 0.863. The third kappa shape index (κ3) is 5.74. The molecule has 1 amide bonds. The van der Waals surface area contributed by atoms with Crippen LogP contribution in [0, 0.1) is 6.92 Å². The lowest BCUT2D eigenvalue weighted by Gasteiger charge is -2.14. The number of alkyl halides is 3. The zero-order chi connectivity index (χ0) is 14.5. The Morgan fingerprint density at radius 2 is 1.89 bits per heavy atom. The highest BCUT2D eigenvalue weighted by molar-refractivity contribution is 5.76. The Morgan fingerprint density at radius 1 is 1.32 bits per heavy atom. The predicted molar refractivity (Wildman–Crippen MR) is 64.6 cm³/mol. The van der Waals surface area contributed by atoms with E-state index in [4.69, 9.17) is 5.11 Å². The van der Waals surface area contributed by atoms with Crippen LogP contribution in [0.1, 0.15) is 17.5 Å². The first-order valence-electron chi connectivity index (χ1n) is 5.86. The molecule has 0 aliphatic carbocycles. The molecule has 1 aromatic carbocycles. The van der Waals surface area contributed by atoms with Crippen molar-refractivity contribution < 1.29 is 23.1 Å². The molecule has 0 spiro atoms. The summed E-state index contributed by atoms with van der Waals surface area (Å²) in [6.45, 7) is 1.13. The van der Waals surface area contributed by atoms with Gasteiger partial charge >= 0.3 is 6.18 Å². The fraction of sp³-hybridized carbons (Fsp3) is 0.462. The number of benzene rings is 1. The van der Waals surface area contributed by atoms with Crippen LogP contribution in [0.4, 0.5) is 13.2 Å². The Bertz CT molecular complexity index is 415. The molecule has 0 aliphatic rings. The molecule has 0 aromatic heterocycles. The lowest BCUT2D eigenvalue weighted by Crippen LogP contribution is -2.40. The van der Waals surface area contributed by atoms with Gasteiger partial charge in [0.25, 0.3) is 0 Å². The number of nitrogens with one attached hydrogen (secondary N) is 1. The van der Waals surface area contributed by atoms with Crippen LogP contribution < -0.4 is 5.32 Å². The smallest absolute Gasteiger partial charge is 0.382 e. The average Bonchev–Trinajstić information content (AvgIpc) is 2.34. The molecule has 3 nitrogen and oxygen atoms in total. The molecule has 0 fully saturated rings. The van der Waals surface area contributed by atoms with Gasteiger partial charge in [-0.25, -0.2) is 0 Å². The summed E-state index contributed by atoms with van der Waals surface area (Å²) in [5.74, 6) is -0.510. The Balaban J connectivity index is 2.30. The van der Waals surface area contributed by atoms with E-state index in [-0.39, 0.29) is 6.42 Å². The standard InChI is InChI=1S/C13H16F3NO2/c1-9-2-4-10(5-3-9)6-7-12(19)17-8-11(18)13(14,15)16/h2-5,11,18H,6-8H2,1H3,(H,17,19). The highest BCUT2D eigenvalue weighted by atomic mass is 19.4. The molecule has 0 saturated carbocycles. The molecule has 0 saturated heterocycles. The van der Waals surface area contributed by atoms with E-state index in [1.54, 1.807) is 0 Å². The SMILES string of the molecule is Cc1ccc(CCC(=O)NCC(O)C(F)(F)F)cc1. The van der Waals surface area contributed by atoms with Crippen molar-refractivity contribution in [2.75, 3.05) is 6.54 Å². The van der Waals surface area contributed by atoms with Crippen LogP contribution in [0.5, 0.6) is 0 Å². The minimum absolute atomic E-state index is 0.0909. The van der Waals surface area contributed by atoms with E-state index >= 15 is 0 Å². The first-order chi connectivity index (χ1) is 8.79. The summed E-state index contributed by atoms with van der Waals surface area (Å²) in [7, 11) is 0. The number of hydrogen-bond donors (Lipinski definition) is 2. The van der Waals surface area contributed by atoms with Gasteiger partial charge in [-0.15, -0.1) is 0 Å². The van der Waals surface area contributed by atoms with Crippen molar-refractivity contribution in [3.05, 3.63) is 35.4 Å². The molecule has 6 heteroatoms. The molecule has 1 atom stereocenters. The Kier molecular flexibility index (Phi) is 5.35. The summed E-state index contributed by atoms with van der Waals surface area (Å²) in [6, 6.07) is 7.54. The van der Waals surface area contributed by atoms with Crippen molar-refractivity contribution in [1.29, 1.82) is 0 Å². The molecular weight excluding hydrogens is 259 g/mol. The van der Waals surface area contributed by atoms with Crippen LogP contribution in [0.25, 0.3) is 0 Å². The molecule has 1 unspecified atom stereocenters. The summed E-state index contributed by atoms with van der Waals surface area (Å²) < 4.78 is 36.0. The monoisotopic (exact) mass is 275 g/mol. The van der Waals surface area contributed by atoms with Gasteiger partial charge in [-0.3, -0.25) is 4.79 Å². The van der Waals surface area contributed by atoms with Crippen molar-refractivity contribution in [3.63, 3.8) is 0 Å². The molecule has 0 heterocycles. The molecule has 1 aromatic rings. The summed E-state index contributed by atoms with van der Waals surface area (Å²) in [5.41, 5.74) is 2.04. The fourth-order valence-corrected chi connectivity index (χ4v) is 1.43. The minimum atomic E-state index is -4.70. The third-order valence-electron chi connectivity index (χ3n) is 2.63. The molecular formula is C13H16F3NO2. The van der Waals surface area contributed by atoms with Gasteiger partial charge in [0.15, 0.2) is 6.10 Å². The lowest BCUT2D eigenvalue weighted by molar-refractivity contribution is -0.201. The third-order valence-corrected chi connectivity index (χ3v) is 2.63. The fourth-order valence-electron chi connectivity index (χ4n) is 1.43. The van der Waals surface area contributed by atoms with Crippen LogP contribution in [0.3, 0.4) is 0 Å². The number of carbonyl (C=O) groups excluding carboxylic acids is 1. The van der Waals surface area contributed by atoms with Gasteiger partial charge in [0.05, 0.1) is 6.54 Å². The van der Waals surface area contributed by atoms with Crippen LogP contribution in [0.2, 0.25) is 0 Å². The van der Waals surface area contributed by atoms with Gasteiger partial charge in [0.2, 0.25) is 5.91 Å². The summed E-state index contributed by atoms with van der Waals surface area (Å²) >= 11 is 0. The predicted octanol–water partition coefficient (Wildman–Crippen LogP) is 1.97. The van der Waals surface area contributed by atoms with Crippen molar-refractivity contribution in [1.82, 2.24) is 5.32 Å². The summed E-state index contributed by atoms with van der Waals surface area (Å²) in [6.07, 6.45) is -6.68. The number of hydrogen-bond acceptors (Lipinski definition) is 2. The first kappa shape index (κ1) is 15.5. The van der Waals surface area contributed by atoms with Crippen molar-refractivity contribution >= 4 is 5.91 Å². The van der Waals surface area contributed by atoms with Gasteiger partial charge < -0.3 is 10.4 Å². The lowest BCUT2D eigenvalue weighted by atomic mass is 10.1. The molecule has 106 valence electrons. The van der Waals surface area contributed by atoms with Gasteiger partial charge in [-0.2, -0.15) is 13.2 Å². The van der Waals surface area contributed by atoms with E-state index in [1.165, 1.54) is 0 Å². The highest BCUT2D eigenvalue weighted by Gasteiger charge is 2.38. The van der Waals surface area contributed by atoms with E-state index in [9.17, 15) is 18.0 Å². The van der Waals surface area contributed by atoms with Gasteiger partial charge in [-0.05, 0) is 18.9 Å². The number of aliphatic hydroxyl groups is 1. The highest BCUT2D eigenvalue weighted by Crippen LogP contribution is 2.19. The van der Waals surface area contributed by atoms with E-state index in [1.807, 2.05) is 31.2 Å². The van der Waals surface area contributed by atoms with Crippen molar-refractivity contribution in [3.8, 4) is 0 Å². The van der Waals surface area contributed by atoms with E-state index in [0.717, 1.165) is 11.1 Å². The number of amides is 1. The molecule has 19 heavy (non-hydrogen) atoms. The molecule has 0 bridgehead atoms. The average molecular weight is 275 g/mol. The molecule has 0 radical (unpaired) electrons. The maximum Gasteiger partial charge on any atom is 0.416 e. The topological polar surface area (TPSA) is 49.3 Å². The van der Waals surface area contributed by atoms with Crippen LogP contribution in [-0.2, 0) is 11.2 Å². The summed E-state index contributed by atoms with van der Waals surface area (Å²) in [5, 5.41) is 10.8. The first-order valence-corrected chi connectivity index (χ1v) is 5.86. The Hall–Kier alpha value is -1.56. The van der Waals surface area contributed by atoms with E-state index < -0.39 is 24.7 Å². The van der Waals surface area contributed by atoms with Crippen molar-refractivity contribution in [2.45, 2.75) is 32.0 Å².